The van der Waals surface area contributed by atoms with Crippen LogP contribution >= 0.6 is 11.6 Å². The highest BCUT2D eigenvalue weighted by molar-refractivity contribution is 6.21. The Bertz CT molecular complexity index is 330. The van der Waals surface area contributed by atoms with Crippen molar-refractivity contribution in [1.82, 2.24) is 9.80 Å². The van der Waals surface area contributed by atoms with Crippen molar-refractivity contribution >= 4 is 29.8 Å². The number of imide groups is 1. The van der Waals surface area contributed by atoms with Crippen LogP contribution in [0.5, 0.6) is 0 Å². The number of hydrogen-bond acceptors (Lipinski definition) is 3. The van der Waals surface area contributed by atoms with E-state index in [2.05, 4.69) is 0 Å². The Morgan fingerprint density at radius 1 is 1.38 bits per heavy atom. The number of alkyl halides is 1. The smallest absolute Gasteiger partial charge is 0.311 e. The number of amides is 3. The molecule has 0 spiro atoms. The maximum atomic E-state index is 11.9. The molecule has 1 heterocycles. The van der Waals surface area contributed by atoms with Gasteiger partial charge in [0, 0.05) is 13.0 Å². The molecule has 1 atom stereocenters. The maximum absolute atomic E-state index is 11.9. The van der Waals surface area contributed by atoms with Crippen molar-refractivity contribution in [3.8, 4) is 0 Å². The fraction of sp³-hybridized carbons (Fsp3) is 0.700. The zero-order valence-corrected chi connectivity index (χ0v) is 9.52. The fourth-order valence-electron chi connectivity index (χ4n) is 2.07. The van der Waals surface area contributed by atoms with E-state index in [9.17, 15) is 14.4 Å². The molecule has 0 aromatic heterocycles. The molecule has 3 amide bonds. The molecule has 0 N–H and O–H groups in total. The molecule has 0 radical (unpaired) electrons. The summed E-state index contributed by atoms with van der Waals surface area (Å²) in [6.07, 6.45) is 2.96. The van der Waals surface area contributed by atoms with Gasteiger partial charge in [0.25, 0.3) is 5.91 Å². The van der Waals surface area contributed by atoms with E-state index in [1.807, 2.05) is 0 Å². The summed E-state index contributed by atoms with van der Waals surface area (Å²) in [5, 5.41) is 0. The van der Waals surface area contributed by atoms with Gasteiger partial charge in [-0.15, -0.1) is 11.6 Å². The van der Waals surface area contributed by atoms with Crippen molar-refractivity contribution in [2.45, 2.75) is 25.3 Å². The first-order valence-corrected chi connectivity index (χ1v) is 5.85. The van der Waals surface area contributed by atoms with Crippen LogP contribution in [0.1, 0.15) is 19.3 Å². The molecular formula is C10H13ClN2O3. The molecule has 5 nitrogen and oxygen atoms in total. The van der Waals surface area contributed by atoms with Gasteiger partial charge in [-0.2, -0.15) is 0 Å². The van der Waals surface area contributed by atoms with Crippen LogP contribution in [0.2, 0.25) is 0 Å². The van der Waals surface area contributed by atoms with Crippen LogP contribution in [0.25, 0.3) is 0 Å². The SMILES string of the molecule is O=CCCN1C(=O)N(CCl)C(=O)C1C1CC1. The Labute approximate surface area is 98.3 Å². The largest absolute Gasteiger partial charge is 0.328 e. The maximum Gasteiger partial charge on any atom is 0.328 e. The molecule has 1 aliphatic carbocycles. The molecule has 2 aliphatic rings. The van der Waals surface area contributed by atoms with Gasteiger partial charge in [-0.05, 0) is 18.8 Å². The molecule has 0 bridgehead atoms. The van der Waals surface area contributed by atoms with Crippen molar-refractivity contribution in [3.05, 3.63) is 0 Å². The van der Waals surface area contributed by atoms with E-state index >= 15 is 0 Å². The van der Waals surface area contributed by atoms with Gasteiger partial charge in [0.05, 0.1) is 0 Å². The molecule has 1 saturated carbocycles. The van der Waals surface area contributed by atoms with E-state index in [1.54, 1.807) is 0 Å². The minimum Gasteiger partial charge on any atom is -0.311 e. The molecule has 1 saturated heterocycles. The average Bonchev–Trinajstić information content (AvgIpc) is 3.05. The van der Waals surface area contributed by atoms with E-state index in [0.717, 1.165) is 24.0 Å². The van der Waals surface area contributed by atoms with Crippen LogP contribution in [0.15, 0.2) is 0 Å². The van der Waals surface area contributed by atoms with Crippen LogP contribution in [0.4, 0.5) is 4.79 Å². The van der Waals surface area contributed by atoms with Gasteiger partial charge in [0.2, 0.25) is 0 Å². The third kappa shape index (κ3) is 1.80. The zero-order chi connectivity index (χ0) is 11.7. The lowest BCUT2D eigenvalue weighted by Gasteiger charge is -2.20. The zero-order valence-electron chi connectivity index (χ0n) is 8.76. The van der Waals surface area contributed by atoms with Crippen LogP contribution < -0.4 is 0 Å². The van der Waals surface area contributed by atoms with Gasteiger partial charge in [-0.1, -0.05) is 0 Å². The Kier molecular flexibility index (Phi) is 3.14. The lowest BCUT2D eigenvalue weighted by molar-refractivity contribution is -0.128. The summed E-state index contributed by atoms with van der Waals surface area (Å²) < 4.78 is 0. The Morgan fingerprint density at radius 2 is 2.06 bits per heavy atom. The van der Waals surface area contributed by atoms with E-state index in [0.29, 0.717) is 6.54 Å². The Hall–Kier alpha value is -1.10. The number of urea groups is 1. The number of hydrogen-bond donors (Lipinski definition) is 0. The second-order valence-electron chi connectivity index (χ2n) is 4.10. The van der Waals surface area contributed by atoms with Crippen LogP contribution in [-0.2, 0) is 9.59 Å². The first kappa shape index (κ1) is 11.4. The first-order chi connectivity index (χ1) is 7.70. The van der Waals surface area contributed by atoms with Crippen LogP contribution in [0, 0.1) is 5.92 Å². The van der Waals surface area contributed by atoms with Crippen molar-refractivity contribution in [2.75, 3.05) is 12.5 Å². The molecule has 0 aromatic carbocycles. The highest BCUT2D eigenvalue weighted by Crippen LogP contribution is 2.39. The molecule has 1 aliphatic heterocycles. The number of halogens is 1. The molecule has 2 fully saturated rings. The first-order valence-electron chi connectivity index (χ1n) is 5.32. The molecule has 16 heavy (non-hydrogen) atoms. The van der Waals surface area contributed by atoms with Crippen molar-refractivity contribution in [2.24, 2.45) is 5.92 Å². The minimum atomic E-state index is -0.383. The molecule has 88 valence electrons. The summed E-state index contributed by atoms with van der Waals surface area (Å²) in [5.41, 5.74) is 0. The number of carbonyl (C=O) groups is 3. The Morgan fingerprint density at radius 3 is 2.56 bits per heavy atom. The quantitative estimate of drug-likeness (QED) is 0.311. The third-order valence-electron chi connectivity index (χ3n) is 3.01. The van der Waals surface area contributed by atoms with Gasteiger partial charge in [0.1, 0.15) is 18.3 Å². The van der Waals surface area contributed by atoms with Crippen molar-refractivity contribution in [3.63, 3.8) is 0 Å². The van der Waals surface area contributed by atoms with Crippen LogP contribution in [-0.4, -0.2) is 46.6 Å². The van der Waals surface area contributed by atoms with Crippen molar-refractivity contribution < 1.29 is 14.4 Å². The number of nitrogens with zero attached hydrogens (tertiary/aromatic N) is 2. The van der Waals surface area contributed by atoms with E-state index in [4.69, 9.17) is 11.6 Å². The van der Waals surface area contributed by atoms with Gasteiger partial charge in [-0.3, -0.25) is 4.79 Å². The molecular weight excluding hydrogens is 232 g/mol. The fourth-order valence-corrected chi connectivity index (χ4v) is 2.29. The van der Waals surface area contributed by atoms with Crippen molar-refractivity contribution in [1.29, 1.82) is 0 Å². The molecule has 1 unspecified atom stereocenters. The molecule has 0 aromatic rings. The summed E-state index contributed by atoms with van der Waals surface area (Å²) in [6.45, 7) is 0.308. The second-order valence-corrected chi connectivity index (χ2v) is 4.34. The second kappa shape index (κ2) is 4.41. The van der Waals surface area contributed by atoms with Crippen LogP contribution in [0.3, 0.4) is 0 Å². The summed E-state index contributed by atoms with van der Waals surface area (Å²) >= 11 is 5.58. The van der Waals surface area contributed by atoms with E-state index < -0.39 is 0 Å². The van der Waals surface area contributed by atoms with Gasteiger partial charge < -0.3 is 9.69 Å². The lowest BCUT2D eigenvalue weighted by Crippen LogP contribution is -2.37. The molecule has 2 rings (SSSR count). The predicted molar refractivity (Wildman–Crippen MR) is 56.9 cm³/mol. The average molecular weight is 245 g/mol. The summed E-state index contributed by atoms with van der Waals surface area (Å²) in [6, 6.07) is -0.858. The minimum absolute atomic E-state index is 0.113. The van der Waals surface area contributed by atoms with Gasteiger partial charge >= 0.3 is 6.03 Å². The van der Waals surface area contributed by atoms with Gasteiger partial charge in [-0.25, -0.2) is 9.69 Å². The number of carbonyl (C=O) groups excluding carboxylic acids is 3. The lowest BCUT2D eigenvalue weighted by atomic mass is 10.1. The number of aldehydes is 1. The standard InChI is InChI=1S/C10H13ClN2O3/c11-6-13-9(15)8(7-2-3-7)12(10(13)16)4-1-5-14/h5,7-8H,1-4,6H2. The van der Waals surface area contributed by atoms with E-state index in [1.165, 1.54) is 4.90 Å². The van der Waals surface area contributed by atoms with Gasteiger partial charge in [0.15, 0.2) is 0 Å². The van der Waals surface area contributed by atoms with E-state index in [-0.39, 0.29) is 36.3 Å². The summed E-state index contributed by atoms with van der Waals surface area (Å²) in [7, 11) is 0. The normalized spacial score (nSPS) is 25.4. The third-order valence-corrected chi connectivity index (χ3v) is 3.25. The monoisotopic (exact) mass is 244 g/mol. The highest BCUT2D eigenvalue weighted by atomic mass is 35.5. The topological polar surface area (TPSA) is 57.7 Å². The highest BCUT2D eigenvalue weighted by Gasteiger charge is 2.51. The molecule has 6 heteroatoms. The Balaban J connectivity index is 2.15. The summed E-state index contributed by atoms with van der Waals surface area (Å²) in [4.78, 5) is 36.6. The predicted octanol–water partition coefficient (Wildman–Crippen LogP) is 0.815. The number of rotatable bonds is 5. The summed E-state index contributed by atoms with van der Waals surface area (Å²) in [5.74, 6) is 0.0460.